The van der Waals surface area contributed by atoms with E-state index in [4.69, 9.17) is 15.2 Å². The maximum absolute atomic E-state index is 15.7. The molecule has 252 valence electrons. The van der Waals surface area contributed by atoms with Crippen LogP contribution in [0, 0.1) is 11.7 Å². The van der Waals surface area contributed by atoms with Crippen molar-refractivity contribution in [2.45, 2.75) is 30.3 Å². The van der Waals surface area contributed by atoms with E-state index in [9.17, 15) is 23.1 Å². The molecule has 1 aliphatic heterocycles. The largest absolute Gasteiger partial charge is 0.494 e. The molecule has 1 unspecified atom stereocenters. The first-order valence-electron chi connectivity index (χ1n) is 14.9. The summed E-state index contributed by atoms with van der Waals surface area (Å²) >= 11 is -2.56. The number of pyridine rings is 1. The van der Waals surface area contributed by atoms with E-state index in [2.05, 4.69) is 20.4 Å². The predicted octanol–water partition coefficient (Wildman–Crippen LogP) is 5.03. The number of esters is 1. The Balaban J connectivity index is 1.65. The first kappa shape index (κ1) is 34.1. The number of nitrogen functional groups attached to an aromatic ring is 1. The van der Waals surface area contributed by atoms with Crippen molar-refractivity contribution in [1.82, 2.24) is 9.88 Å². The van der Waals surface area contributed by atoms with Crippen LogP contribution >= 0.6 is 0 Å². The minimum atomic E-state index is -2.56. The summed E-state index contributed by atoms with van der Waals surface area (Å²) in [4.78, 5) is 45.2. The van der Waals surface area contributed by atoms with Gasteiger partial charge in [0.1, 0.15) is 23.4 Å². The molecule has 1 aromatic heterocycles. The highest BCUT2D eigenvalue weighted by atomic mass is 32.2. The van der Waals surface area contributed by atoms with E-state index in [1.54, 1.807) is 37.4 Å². The molecule has 1 saturated heterocycles. The highest BCUT2D eigenvalue weighted by Crippen LogP contribution is 2.43. The number of hydrogen-bond acceptors (Lipinski definition) is 10. The lowest BCUT2D eigenvalue weighted by atomic mass is 9.92. The first-order chi connectivity index (χ1) is 23.1. The van der Waals surface area contributed by atoms with Gasteiger partial charge in [-0.25, -0.2) is 18.4 Å². The fourth-order valence-corrected chi connectivity index (χ4v) is 6.47. The smallest absolute Gasteiger partial charge is 0.411 e. The first-order valence-corrected chi connectivity index (χ1v) is 16.0. The molecule has 15 heteroatoms. The lowest BCUT2D eigenvalue weighted by Crippen LogP contribution is -2.40. The molecule has 4 atom stereocenters. The minimum absolute atomic E-state index is 0.0142. The van der Waals surface area contributed by atoms with Gasteiger partial charge >= 0.3 is 12.1 Å². The minimum Gasteiger partial charge on any atom is -0.494 e. The Bertz CT molecular complexity index is 1890. The zero-order chi connectivity index (χ0) is 34.5. The summed E-state index contributed by atoms with van der Waals surface area (Å²) < 4.78 is 53.8. The van der Waals surface area contributed by atoms with Gasteiger partial charge in [0.05, 0.1) is 37.7 Å². The van der Waals surface area contributed by atoms with Gasteiger partial charge in [0, 0.05) is 35.1 Å². The van der Waals surface area contributed by atoms with Crippen LogP contribution in [0.3, 0.4) is 0 Å². The van der Waals surface area contributed by atoms with Crippen molar-refractivity contribution in [3.8, 4) is 5.75 Å². The molecule has 13 nitrogen and oxygen atoms in total. The zero-order valence-corrected chi connectivity index (χ0v) is 27.1. The fourth-order valence-electron chi connectivity index (χ4n) is 5.90. The van der Waals surface area contributed by atoms with Gasteiger partial charge in [0.2, 0.25) is 5.91 Å². The number of anilines is 3. The van der Waals surface area contributed by atoms with E-state index in [-0.39, 0.29) is 34.7 Å². The molecule has 4 aromatic rings. The molecule has 2 heterocycles. The number of amides is 2. The zero-order valence-electron chi connectivity index (χ0n) is 26.3. The van der Waals surface area contributed by atoms with Crippen LogP contribution in [0.4, 0.5) is 26.4 Å². The van der Waals surface area contributed by atoms with Crippen molar-refractivity contribution in [2.75, 3.05) is 43.7 Å². The van der Waals surface area contributed by atoms with E-state index in [1.807, 2.05) is 0 Å². The van der Waals surface area contributed by atoms with Crippen LogP contribution in [0.5, 0.6) is 5.75 Å². The molecule has 5 N–H and O–H groups in total. The van der Waals surface area contributed by atoms with Crippen molar-refractivity contribution in [1.29, 1.82) is 0 Å². The number of rotatable bonds is 10. The molecule has 48 heavy (non-hydrogen) atoms. The monoisotopic (exact) mass is 679 g/mol. The molecule has 5 rings (SSSR count). The number of nitrogens with zero attached hydrogens (tertiary/aromatic N) is 2. The molecule has 0 aliphatic carbocycles. The SMILES string of the molecule is CCOc1ccc(F)c([C@@H](Nc2ccc3c(N)nccc3c2)C(=O)N2CC[C@H](C(=O)OC)[C@@H]2c2cc(NC(=O)OC)ccc2S(=O)O)c1. The number of fused-ring (bicyclic) bond motifs is 1. The Morgan fingerprint density at radius 3 is 2.56 bits per heavy atom. The van der Waals surface area contributed by atoms with Crippen LogP contribution in [-0.2, 0) is 30.1 Å². The Hall–Kier alpha value is -5.28. The fraction of sp³-hybridized carbons (Fsp3) is 0.273. The number of nitrogens with one attached hydrogen (secondary N) is 2. The lowest BCUT2D eigenvalue weighted by molar-refractivity contribution is -0.147. The van der Waals surface area contributed by atoms with Gasteiger partial charge in [-0.3, -0.25) is 14.9 Å². The van der Waals surface area contributed by atoms with Gasteiger partial charge in [-0.15, -0.1) is 0 Å². The van der Waals surface area contributed by atoms with Crippen LogP contribution in [-0.4, -0.2) is 64.0 Å². The predicted molar refractivity (Wildman–Crippen MR) is 176 cm³/mol. The van der Waals surface area contributed by atoms with Crippen molar-refractivity contribution >= 4 is 57.0 Å². The molecule has 0 spiro atoms. The average Bonchev–Trinajstić information content (AvgIpc) is 3.52. The molecule has 0 saturated carbocycles. The second-order valence-corrected chi connectivity index (χ2v) is 11.8. The summed E-state index contributed by atoms with van der Waals surface area (Å²) in [5.41, 5.74) is 6.75. The van der Waals surface area contributed by atoms with Gasteiger partial charge in [-0.05, 0) is 85.0 Å². The van der Waals surface area contributed by atoms with Crippen LogP contribution in [0.1, 0.15) is 36.6 Å². The van der Waals surface area contributed by atoms with Gasteiger partial charge in [-0.1, -0.05) is 0 Å². The third kappa shape index (κ3) is 7.01. The number of carbonyl (C=O) groups is 3. The number of benzene rings is 3. The number of nitrogens with two attached hydrogens (primary N) is 1. The maximum Gasteiger partial charge on any atom is 0.411 e. The number of ether oxygens (including phenoxy) is 3. The highest BCUT2D eigenvalue weighted by molar-refractivity contribution is 7.79. The Morgan fingerprint density at radius 1 is 1.08 bits per heavy atom. The molecule has 0 bridgehead atoms. The second kappa shape index (κ2) is 14.6. The van der Waals surface area contributed by atoms with Crippen LogP contribution in [0.15, 0.2) is 71.8 Å². The highest BCUT2D eigenvalue weighted by Gasteiger charge is 2.46. The molecule has 0 radical (unpaired) electrons. The number of aromatic nitrogens is 1. The summed E-state index contributed by atoms with van der Waals surface area (Å²) in [6.07, 6.45) is 0.874. The number of carbonyl (C=O) groups excluding carboxylic acids is 3. The molecule has 1 fully saturated rings. The Kier molecular flexibility index (Phi) is 10.4. The van der Waals surface area contributed by atoms with Crippen molar-refractivity contribution in [3.05, 3.63) is 83.8 Å². The molecular weight excluding hydrogens is 645 g/mol. The Morgan fingerprint density at radius 2 is 1.85 bits per heavy atom. The standard InChI is InChI=1S/C33H34FN5O8S/c1-4-47-21-7-9-26(34)24(17-21)28(37-19-5-8-22-18(15-19)11-13-36-30(22)35)31(40)39-14-12-23(32(41)45-2)29(39)25-16-20(38-33(42)46-3)6-10-27(25)48(43)44/h5-11,13,15-17,23,28-29,37H,4,12,14H2,1-3H3,(H2,35,36)(H,38,42)(H,43,44)/t23-,28+,29+/m0/s1. The molecule has 3 aromatic carbocycles. The molecular formula is C33H34FN5O8S. The average molecular weight is 680 g/mol. The number of hydrogen-bond donors (Lipinski definition) is 4. The topological polar surface area (TPSA) is 182 Å². The number of halogens is 1. The van der Waals surface area contributed by atoms with Crippen LogP contribution < -0.4 is 21.1 Å². The summed E-state index contributed by atoms with van der Waals surface area (Å²) in [7, 11) is 2.37. The third-order valence-corrected chi connectivity index (χ3v) is 8.82. The summed E-state index contributed by atoms with van der Waals surface area (Å²) in [6, 6.07) is 12.6. The lowest BCUT2D eigenvalue weighted by Gasteiger charge is -2.33. The van der Waals surface area contributed by atoms with Crippen molar-refractivity contribution < 1.29 is 41.7 Å². The third-order valence-electron chi connectivity index (χ3n) is 8.08. The van der Waals surface area contributed by atoms with E-state index < -0.39 is 52.9 Å². The van der Waals surface area contributed by atoms with Gasteiger partial charge in [-0.2, -0.15) is 0 Å². The van der Waals surface area contributed by atoms with Crippen LogP contribution in [0.2, 0.25) is 0 Å². The van der Waals surface area contributed by atoms with E-state index >= 15 is 4.39 Å². The quantitative estimate of drug-likeness (QED) is 0.130. The summed E-state index contributed by atoms with van der Waals surface area (Å²) in [6.45, 7) is 2.08. The van der Waals surface area contributed by atoms with Gasteiger partial charge in [0.25, 0.3) is 0 Å². The van der Waals surface area contributed by atoms with Gasteiger partial charge < -0.3 is 34.7 Å². The Labute approximate surface area is 277 Å². The van der Waals surface area contributed by atoms with E-state index in [1.165, 1.54) is 55.5 Å². The van der Waals surface area contributed by atoms with Crippen molar-refractivity contribution in [2.24, 2.45) is 5.92 Å². The van der Waals surface area contributed by atoms with Crippen molar-refractivity contribution in [3.63, 3.8) is 0 Å². The normalized spacial score (nSPS) is 17.0. The maximum atomic E-state index is 15.7. The van der Waals surface area contributed by atoms with Gasteiger partial charge in [0.15, 0.2) is 11.1 Å². The number of likely N-dealkylation sites (tertiary alicyclic amines) is 1. The van der Waals surface area contributed by atoms with E-state index in [0.717, 1.165) is 5.39 Å². The summed E-state index contributed by atoms with van der Waals surface area (Å²) in [5.74, 6) is -2.32. The van der Waals surface area contributed by atoms with E-state index in [0.29, 0.717) is 29.2 Å². The second-order valence-electron chi connectivity index (χ2n) is 10.8. The molecule has 2 amide bonds. The van der Waals surface area contributed by atoms with Crippen LogP contribution in [0.25, 0.3) is 10.8 Å². The summed E-state index contributed by atoms with van der Waals surface area (Å²) in [5, 5.41) is 7.06. The molecule has 1 aliphatic rings. The number of methoxy groups -OCH3 is 2.